The molecule has 0 spiro atoms. The van der Waals surface area contributed by atoms with E-state index < -0.39 is 0 Å². The zero-order valence-corrected chi connectivity index (χ0v) is 10.5. The number of hydrogen-bond donors (Lipinski definition) is 1. The van der Waals surface area contributed by atoms with Gasteiger partial charge in [-0.15, -0.1) is 0 Å². The van der Waals surface area contributed by atoms with Gasteiger partial charge in [0.05, 0.1) is 5.69 Å². The van der Waals surface area contributed by atoms with Crippen molar-refractivity contribution in [3.8, 4) is 0 Å². The second kappa shape index (κ2) is 6.27. The van der Waals surface area contributed by atoms with Gasteiger partial charge in [-0.3, -0.25) is 4.79 Å². The molecule has 0 fully saturated rings. The molecular weight excluding hydrogens is 222 g/mol. The molecule has 0 unspecified atom stereocenters. The molecule has 0 radical (unpaired) electrons. The molecule has 1 aromatic heterocycles. The maximum Gasteiger partial charge on any atom is 0.189 e. The molecule has 0 saturated carbocycles. The standard InChI is InChI=1S/C11H15N3OS/c1-4-12-10-9(6-5-7-15)8(2)13-11(14-10)16-3/h5-7H,4H2,1-3H3,(H,12,13,14)/b6-5+. The molecule has 1 aromatic rings. The molecule has 5 heteroatoms. The first kappa shape index (κ1) is 12.7. The summed E-state index contributed by atoms with van der Waals surface area (Å²) in [6.07, 6.45) is 5.86. The maximum atomic E-state index is 10.3. The second-order valence-corrected chi connectivity index (χ2v) is 3.86. The largest absolute Gasteiger partial charge is 0.370 e. The topological polar surface area (TPSA) is 54.9 Å². The van der Waals surface area contributed by atoms with Crippen LogP contribution in [-0.4, -0.2) is 29.1 Å². The predicted octanol–water partition coefficient (Wildman–Crippen LogP) is 2.15. The molecule has 0 bridgehead atoms. The van der Waals surface area contributed by atoms with Gasteiger partial charge in [-0.2, -0.15) is 0 Å². The van der Waals surface area contributed by atoms with Gasteiger partial charge in [0.15, 0.2) is 5.16 Å². The molecule has 0 amide bonds. The first-order chi connectivity index (χ1) is 7.72. The molecule has 4 nitrogen and oxygen atoms in total. The van der Waals surface area contributed by atoms with Crippen LogP contribution in [0.5, 0.6) is 0 Å². The fourth-order valence-electron chi connectivity index (χ4n) is 1.28. The van der Waals surface area contributed by atoms with Crippen LogP contribution in [0.15, 0.2) is 11.2 Å². The Hall–Kier alpha value is -1.36. The number of carbonyl (C=O) groups is 1. The lowest BCUT2D eigenvalue weighted by Gasteiger charge is -2.10. The minimum atomic E-state index is 0.733. The van der Waals surface area contributed by atoms with Crippen molar-refractivity contribution in [3.05, 3.63) is 17.3 Å². The van der Waals surface area contributed by atoms with Crippen molar-refractivity contribution in [2.75, 3.05) is 18.1 Å². The van der Waals surface area contributed by atoms with E-state index in [1.807, 2.05) is 20.1 Å². The summed E-state index contributed by atoms with van der Waals surface area (Å²) < 4.78 is 0. The minimum absolute atomic E-state index is 0.733. The summed E-state index contributed by atoms with van der Waals surface area (Å²) in [4.78, 5) is 19.0. The first-order valence-corrected chi connectivity index (χ1v) is 6.23. The molecular formula is C11H15N3OS. The molecule has 16 heavy (non-hydrogen) atoms. The Labute approximate surface area is 99.6 Å². The fourth-order valence-corrected chi connectivity index (χ4v) is 1.70. The minimum Gasteiger partial charge on any atom is -0.370 e. The number of rotatable bonds is 5. The number of aryl methyl sites for hydroxylation is 1. The van der Waals surface area contributed by atoms with E-state index in [0.29, 0.717) is 0 Å². The SMILES string of the molecule is CCNc1nc(SC)nc(C)c1/C=C/C=O. The van der Waals surface area contributed by atoms with Gasteiger partial charge in [0.1, 0.15) is 12.1 Å². The Morgan fingerprint density at radius 1 is 1.44 bits per heavy atom. The highest BCUT2D eigenvalue weighted by molar-refractivity contribution is 7.98. The smallest absolute Gasteiger partial charge is 0.189 e. The van der Waals surface area contributed by atoms with Crippen LogP contribution in [0.3, 0.4) is 0 Å². The van der Waals surface area contributed by atoms with Crippen molar-refractivity contribution in [2.45, 2.75) is 19.0 Å². The average molecular weight is 237 g/mol. The summed E-state index contributed by atoms with van der Waals surface area (Å²) in [5.74, 6) is 0.775. The summed E-state index contributed by atoms with van der Waals surface area (Å²) in [5, 5.41) is 3.90. The van der Waals surface area contributed by atoms with E-state index in [9.17, 15) is 4.79 Å². The average Bonchev–Trinajstić information content (AvgIpc) is 2.28. The van der Waals surface area contributed by atoms with Gasteiger partial charge >= 0.3 is 0 Å². The van der Waals surface area contributed by atoms with Crippen molar-refractivity contribution < 1.29 is 4.79 Å². The lowest BCUT2D eigenvalue weighted by Crippen LogP contribution is -2.05. The summed E-state index contributed by atoms with van der Waals surface area (Å²) in [5.41, 5.74) is 1.74. The third-order valence-electron chi connectivity index (χ3n) is 1.98. The Bertz CT molecular complexity index is 404. The number of nitrogens with one attached hydrogen (secondary N) is 1. The summed E-state index contributed by atoms with van der Waals surface area (Å²) in [7, 11) is 0. The predicted molar refractivity (Wildman–Crippen MR) is 67.8 cm³/mol. The van der Waals surface area contributed by atoms with E-state index in [-0.39, 0.29) is 0 Å². The van der Waals surface area contributed by atoms with Crippen molar-refractivity contribution in [1.82, 2.24) is 9.97 Å². The number of nitrogens with zero attached hydrogens (tertiary/aromatic N) is 2. The number of hydrogen-bond acceptors (Lipinski definition) is 5. The van der Waals surface area contributed by atoms with Crippen LogP contribution in [-0.2, 0) is 4.79 Å². The number of allylic oxidation sites excluding steroid dienone is 1. The van der Waals surface area contributed by atoms with Crippen LogP contribution < -0.4 is 5.32 Å². The molecule has 0 saturated heterocycles. The fraction of sp³-hybridized carbons (Fsp3) is 0.364. The molecule has 0 aliphatic rings. The highest BCUT2D eigenvalue weighted by Crippen LogP contribution is 2.21. The third kappa shape index (κ3) is 3.06. The Kier molecular flexibility index (Phi) is 4.98. The quantitative estimate of drug-likeness (QED) is 0.368. The molecule has 1 N–H and O–H groups in total. The van der Waals surface area contributed by atoms with Crippen LogP contribution >= 0.6 is 11.8 Å². The summed E-state index contributed by atoms with van der Waals surface area (Å²) in [6.45, 7) is 4.70. The van der Waals surface area contributed by atoms with E-state index >= 15 is 0 Å². The zero-order valence-electron chi connectivity index (χ0n) is 9.65. The molecule has 1 heterocycles. The van der Waals surface area contributed by atoms with Crippen LogP contribution in [0.1, 0.15) is 18.2 Å². The van der Waals surface area contributed by atoms with Gasteiger partial charge < -0.3 is 5.32 Å². The van der Waals surface area contributed by atoms with Crippen molar-refractivity contribution in [1.29, 1.82) is 0 Å². The molecule has 0 atom stereocenters. The lowest BCUT2D eigenvalue weighted by atomic mass is 10.2. The third-order valence-corrected chi connectivity index (χ3v) is 2.53. The van der Waals surface area contributed by atoms with E-state index in [1.165, 1.54) is 17.8 Å². The normalized spacial score (nSPS) is 10.7. The van der Waals surface area contributed by atoms with Crippen molar-refractivity contribution >= 4 is 29.9 Å². The van der Waals surface area contributed by atoms with Gasteiger partial charge in [0, 0.05) is 12.1 Å². The summed E-state index contributed by atoms with van der Waals surface area (Å²) in [6, 6.07) is 0. The highest BCUT2D eigenvalue weighted by Gasteiger charge is 2.07. The van der Waals surface area contributed by atoms with Gasteiger partial charge in [-0.05, 0) is 32.3 Å². The van der Waals surface area contributed by atoms with Crippen LogP contribution in [0.25, 0.3) is 6.08 Å². The van der Waals surface area contributed by atoms with E-state index in [0.717, 1.165) is 35.1 Å². The van der Waals surface area contributed by atoms with Crippen molar-refractivity contribution in [2.24, 2.45) is 0 Å². The van der Waals surface area contributed by atoms with Gasteiger partial charge in [0.2, 0.25) is 0 Å². The van der Waals surface area contributed by atoms with E-state index in [1.54, 1.807) is 6.08 Å². The van der Waals surface area contributed by atoms with E-state index in [2.05, 4.69) is 15.3 Å². The number of thioether (sulfide) groups is 1. The van der Waals surface area contributed by atoms with Crippen LogP contribution in [0.2, 0.25) is 0 Å². The number of aromatic nitrogens is 2. The molecule has 1 rings (SSSR count). The molecule has 0 aliphatic heterocycles. The Morgan fingerprint density at radius 2 is 2.19 bits per heavy atom. The van der Waals surface area contributed by atoms with Gasteiger partial charge in [-0.1, -0.05) is 11.8 Å². The first-order valence-electron chi connectivity index (χ1n) is 5.01. The van der Waals surface area contributed by atoms with Crippen LogP contribution in [0, 0.1) is 6.92 Å². The van der Waals surface area contributed by atoms with Crippen molar-refractivity contribution in [3.63, 3.8) is 0 Å². The molecule has 0 aliphatic carbocycles. The summed E-state index contributed by atoms with van der Waals surface area (Å²) >= 11 is 1.50. The monoisotopic (exact) mass is 237 g/mol. The van der Waals surface area contributed by atoms with Gasteiger partial charge in [0.25, 0.3) is 0 Å². The van der Waals surface area contributed by atoms with E-state index in [4.69, 9.17) is 0 Å². The van der Waals surface area contributed by atoms with Crippen LogP contribution in [0.4, 0.5) is 5.82 Å². The number of aldehydes is 1. The van der Waals surface area contributed by atoms with Gasteiger partial charge in [-0.25, -0.2) is 9.97 Å². The zero-order chi connectivity index (χ0) is 12.0. The lowest BCUT2D eigenvalue weighted by molar-refractivity contribution is -0.104. The maximum absolute atomic E-state index is 10.3. The second-order valence-electron chi connectivity index (χ2n) is 3.08. The number of carbonyl (C=O) groups excluding carboxylic acids is 1. The Morgan fingerprint density at radius 3 is 2.75 bits per heavy atom. The highest BCUT2D eigenvalue weighted by atomic mass is 32.2. The molecule has 86 valence electrons. The number of anilines is 1. The molecule has 0 aromatic carbocycles. The Balaban J connectivity index is 3.21.